The number of carbonyl (C=O) groups excluding carboxylic acids is 1. The van der Waals surface area contributed by atoms with Gasteiger partial charge in [0.25, 0.3) is 0 Å². The monoisotopic (exact) mass is 318 g/mol. The Hall–Kier alpha value is -2.41. The van der Waals surface area contributed by atoms with Crippen LogP contribution in [0, 0.1) is 13.8 Å². The van der Waals surface area contributed by atoms with Gasteiger partial charge in [0.2, 0.25) is 0 Å². The summed E-state index contributed by atoms with van der Waals surface area (Å²) in [6.07, 6.45) is 5.26. The van der Waals surface area contributed by atoms with Gasteiger partial charge in [0.05, 0.1) is 0 Å². The third-order valence-electron chi connectivity index (χ3n) is 4.38. The van der Waals surface area contributed by atoms with Crippen molar-refractivity contribution in [3.8, 4) is 0 Å². The van der Waals surface area contributed by atoms with Crippen molar-refractivity contribution in [1.29, 1.82) is 0 Å². The number of benzene rings is 2. The summed E-state index contributed by atoms with van der Waals surface area (Å²) in [5.41, 5.74) is 6.92. The summed E-state index contributed by atoms with van der Waals surface area (Å²) in [5, 5.41) is 0. The summed E-state index contributed by atoms with van der Waals surface area (Å²) < 4.78 is 0. The molecule has 124 valence electrons. The molecule has 2 aromatic rings. The van der Waals surface area contributed by atoms with Crippen LogP contribution in [0.4, 0.5) is 0 Å². The Bertz CT molecular complexity index is 713. The van der Waals surface area contributed by atoms with Crippen LogP contribution in [0.25, 0.3) is 11.1 Å². The molecule has 0 aliphatic rings. The largest absolute Gasteiger partial charge is 0.290 e. The third-order valence-corrected chi connectivity index (χ3v) is 4.38. The van der Waals surface area contributed by atoms with Gasteiger partial charge in [0, 0.05) is 0 Å². The molecule has 0 heterocycles. The quantitative estimate of drug-likeness (QED) is 0.583. The highest BCUT2D eigenvalue weighted by molar-refractivity contribution is 6.08. The fraction of sp³-hybridized carbons (Fsp3) is 0.261. The van der Waals surface area contributed by atoms with E-state index in [1.807, 2.05) is 24.3 Å². The van der Waals surface area contributed by atoms with Crippen LogP contribution in [0.15, 0.2) is 60.7 Å². The minimum absolute atomic E-state index is 0.0650. The van der Waals surface area contributed by atoms with Crippen LogP contribution in [-0.2, 0) is 4.79 Å². The molecule has 0 N–H and O–H groups in total. The van der Waals surface area contributed by atoms with Crippen molar-refractivity contribution in [2.75, 3.05) is 0 Å². The van der Waals surface area contributed by atoms with Crippen molar-refractivity contribution in [1.82, 2.24) is 0 Å². The van der Waals surface area contributed by atoms with E-state index in [1.54, 1.807) is 12.2 Å². The molecule has 0 fully saturated rings. The molecule has 1 heteroatoms. The van der Waals surface area contributed by atoms with Gasteiger partial charge >= 0.3 is 0 Å². The second-order valence-electron chi connectivity index (χ2n) is 6.08. The molecule has 0 saturated carbocycles. The van der Waals surface area contributed by atoms with Crippen molar-refractivity contribution in [3.05, 3.63) is 82.9 Å². The van der Waals surface area contributed by atoms with Crippen LogP contribution in [0.1, 0.15) is 48.9 Å². The maximum absolute atomic E-state index is 12.6. The van der Waals surface area contributed by atoms with Crippen LogP contribution in [0.2, 0.25) is 0 Å². The van der Waals surface area contributed by atoms with Gasteiger partial charge in [-0.1, -0.05) is 62.4 Å². The van der Waals surface area contributed by atoms with Gasteiger partial charge in [-0.05, 0) is 72.2 Å². The second kappa shape index (κ2) is 8.44. The maximum atomic E-state index is 12.6. The van der Waals surface area contributed by atoms with E-state index in [-0.39, 0.29) is 5.78 Å². The van der Waals surface area contributed by atoms with Gasteiger partial charge in [-0.3, -0.25) is 4.79 Å². The first-order chi connectivity index (χ1) is 11.6. The highest BCUT2D eigenvalue weighted by atomic mass is 16.1. The Kier molecular flexibility index (Phi) is 6.31. The molecule has 1 nitrogen and oxygen atoms in total. The normalized spacial score (nSPS) is 12.3. The summed E-state index contributed by atoms with van der Waals surface area (Å²) >= 11 is 0. The summed E-state index contributed by atoms with van der Waals surface area (Å²) in [6.45, 7) is 8.36. The lowest BCUT2D eigenvalue weighted by atomic mass is 9.95. The van der Waals surface area contributed by atoms with Crippen molar-refractivity contribution >= 4 is 16.9 Å². The average Bonchev–Trinajstić information content (AvgIpc) is 2.59. The lowest BCUT2D eigenvalue weighted by Gasteiger charge is -2.09. The molecule has 0 spiro atoms. The van der Waals surface area contributed by atoms with Crippen molar-refractivity contribution in [2.45, 2.75) is 40.5 Å². The molecule has 0 radical (unpaired) electrons. The highest BCUT2D eigenvalue weighted by Crippen LogP contribution is 2.24. The van der Waals surface area contributed by atoms with E-state index in [9.17, 15) is 4.79 Å². The fourth-order valence-corrected chi connectivity index (χ4v) is 2.99. The van der Waals surface area contributed by atoms with Gasteiger partial charge in [0.1, 0.15) is 0 Å². The number of ketones is 1. The van der Waals surface area contributed by atoms with Gasteiger partial charge in [0.15, 0.2) is 5.78 Å². The van der Waals surface area contributed by atoms with Crippen molar-refractivity contribution in [3.63, 3.8) is 0 Å². The van der Waals surface area contributed by atoms with Crippen molar-refractivity contribution < 1.29 is 4.79 Å². The lowest BCUT2D eigenvalue weighted by molar-refractivity contribution is -0.110. The Morgan fingerprint density at radius 3 is 1.46 bits per heavy atom. The van der Waals surface area contributed by atoms with E-state index in [0.29, 0.717) is 0 Å². The van der Waals surface area contributed by atoms with E-state index in [2.05, 4.69) is 52.0 Å². The lowest BCUT2D eigenvalue weighted by Crippen LogP contribution is -1.96. The molecule has 2 rings (SSSR count). The first kappa shape index (κ1) is 17.9. The third kappa shape index (κ3) is 4.32. The fourth-order valence-electron chi connectivity index (χ4n) is 2.99. The number of aryl methyl sites for hydroxylation is 2. The molecule has 0 atom stereocenters. The van der Waals surface area contributed by atoms with Crippen LogP contribution >= 0.6 is 0 Å². The minimum atomic E-state index is 0.0650. The molecule has 0 aromatic heterocycles. The molecular weight excluding hydrogens is 292 g/mol. The topological polar surface area (TPSA) is 17.1 Å². The number of carbonyl (C=O) groups is 1. The SMILES string of the molecule is CCC(=CC(=O)C=C(CC)c1ccccc1C)c1ccccc1C. The minimum Gasteiger partial charge on any atom is -0.290 e. The molecule has 0 aliphatic carbocycles. The molecule has 0 amide bonds. The van der Waals surface area contributed by atoms with Crippen LogP contribution in [0.3, 0.4) is 0 Å². The van der Waals surface area contributed by atoms with Crippen LogP contribution in [0.5, 0.6) is 0 Å². The molecular formula is C23H26O. The van der Waals surface area contributed by atoms with Gasteiger partial charge in [-0.25, -0.2) is 0 Å². The van der Waals surface area contributed by atoms with E-state index >= 15 is 0 Å². The molecule has 0 saturated heterocycles. The van der Waals surface area contributed by atoms with Gasteiger partial charge in [-0.15, -0.1) is 0 Å². The molecule has 2 aromatic carbocycles. The Balaban J connectivity index is 2.36. The summed E-state index contributed by atoms with van der Waals surface area (Å²) in [7, 11) is 0. The molecule has 0 bridgehead atoms. The zero-order valence-electron chi connectivity index (χ0n) is 15.1. The van der Waals surface area contributed by atoms with E-state index in [4.69, 9.17) is 0 Å². The summed E-state index contributed by atoms with van der Waals surface area (Å²) in [4.78, 5) is 12.6. The second-order valence-corrected chi connectivity index (χ2v) is 6.08. The van der Waals surface area contributed by atoms with Crippen LogP contribution < -0.4 is 0 Å². The molecule has 0 aliphatic heterocycles. The Morgan fingerprint density at radius 2 is 1.12 bits per heavy atom. The first-order valence-electron chi connectivity index (χ1n) is 8.63. The molecule has 0 unspecified atom stereocenters. The van der Waals surface area contributed by atoms with Crippen molar-refractivity contribution in [2.24, 2.45) is 0 Å². The zero-order chi connectivity index (χ0) is 17.5. The Labute approximate surface area is 145 Å². The first-order valence-corrected chi connectivity index (χ1v) is 8.63. The average molecular weight is 318 g/mol. The van der Waals surface area contributed by atoms with Crippen LogP contribution in [-0.4, -0.2) is 5.78 Å². The number of rotatable bonds is 6. The predicted molar refractivity (Wildman–Crippen MR) is 104 cm³/mol. The zero-order valence-corrected chi connectivity index (χ0v) is 15.1. The van der Waals surface area contributed by atoms with Gasteiger partial charge in [-0.2, -0.15) is 0 Å². The van der Waals surface area contributed by atoms with E-state index in [1.165, 1.54) is 11.1 Å². The Morgan fingerprint density at radius 1 is 0.750 bits per heavy atom. The van der Waals surface area contributed by atoms with E-state index < -0.39 is 0 Å². The number of hydrogen-bond acceptors (Lipinski definition) is 1. The summed E-state index contributed by atoms with van der Waals surface area (Å²) in [5.74, 6) is 0.0650. The predicted octanol–water partition coefficient (Wildman–Crippen LogP) is 6.16. The maximum Gasteiger partial charge on any atom is 0.179 e. The van der Waals surface area contributed by atoms with Gasteiger partial charge < -0.3 is 0 Å². The number of allylic oxidation sites excluding steroid dienone is 4. The number of hydrogen-bond donors (Lipinski definition) is 0. The van der Waals surface area contributed by atoms with E-state index in [0.717, 1.165) is 35.1 Å². The standard InChI is InChI=1S/C23H26O/c1-5-19(22-13-9-7-11-17(22)3)15-21(24)16-20(6-2)23-14-10-8-12-18(23)4/h7-16H,5-6H2,1-4H3. The highest BCUT2D eigenvalue weighted by Gasteiger charge is 2.07. The smallest absolute Gasteiger partial charge is 0.179 e. The summed E-state index contributed by atoms with van der Waals surface area (Å²) in [6, 6.07) is 16.5. The molecule has 24 heavy (non-hydrogen) atoms.